The van der Waals surface area contributed by atoms with Gasteiger partial charge >= 0.3 is 0 Å². The summed E-state index contributed by atoms with van der Waals surface area (Å²) in [5.74, 6) is 0.791. The van der Waals surface area contributed by atoms with Gasteiger partial charge in [-0.05, 0) is 117 Å². The zero-order valence-corrected chi connectivity index (χ0v) is 34.9. The van der Waals surface area contributed by atoms with Crippen molar-refractivity contribution in [2.45, 2.75) is 52.4 Å². The van der Waals surface area contributed by atoms with Gasteiger partial charge in [-0.15, -0.1) is 0 Å². The molecule has 0 radical (unpaired) electrons. The van der Waals surface area contributed by atoms with Crippen molar-refractivity contribution < 1.29 is 4.74 Å². The number of pyridine rings is 2. The number of benzene rings is 6. The van der Waals surface area contributed by atoms with Crippen LogP contribution in [0.1, 0.15) is 52.7 Å². The Kier molecular flexibility index (Phi) is 9.52. The molecule has 290 valence electrons. The lowest BCUT2D eigenvalue weighted by Gasteiger charge is -2.26. The van der Waals surface area contributed by atoms with Crippen LogP contribution < -0.4 is 4.74 Å². The quantitative estimate of drug-likeness (QED) is 0.162. The lowest BCUT2D eigenvalue weighted by Crippen LogP contribution is -2.16. The normalized spacial score (nSPS) is 12.0. The zero-order valence-electron chi connectivity index (χ0n) is 34.9. The summed E-state index contributed by atoms with van der Waals surface area (Å²) in [7, 11) is 1.72. The average molecular weight is 768 g/mol. The van der Waals surface area contributed by atoms with Gasteiger partial charge in [-0.1, -0.05) is 133 Å². The predicted molar refractivity (Wildman–Crippen MR) is 248 cm³/mol. The number of nitrogens with zero attached hydrogens (tertiary/aromatic N) is 3. The van der Waals surface area contributed by atoms with Gasteiger partial charge in [-0.2, -0.15) is 0 Å². The third-order valence-corrected chi connectivity index (χ3v) is 11.4. The first-order chi connectivity index (χ1) is 28.4. The molecule has 0 unspecified atom stereocenters. The van der Waals surface area contributed by atoms with E-state index in [4.69, 9.17) is 14.7 Å². The number of ether oxygens (including phenoxy) is 1. The molecule has 59 heavy (non-hydrogen) atoms. The Morgan fingerprint density at radius 3 is 1.80 bits per heavy atom. The van der Waals surface area contributed by atoms with Gasteiger partial charge in [0.15, 0.2) is 0 Å². The summed E-state index contributed by atoms with van der Waals surface area (Å²) >= 11 is 0. The molecule has 9 rings (SSSR count). The van der Waals surface area contributed by atoms with Crippen LogP contribution in [-0.2, 0) is 10.8 Å². The minimum Gasteiger partial charge on any atom is -0.496 e. The number of hydrogen-bond donors (Lipinski definition) is 0. The molecule has 0 saturated heterocycles. The first-order valence-corrected chi connectivity index (χ1v) is 20.4. The topological polar surface area (TPSA) is 39.9 Å². The molecule has 0 N–H and O–H groups in total. The first kappa shape index (κ1) is 37.8. The minimum absolute atomic E-state index is 0.0139. The van der Waals surface area contributed by atoms with E-state index in [1.54, 1.807) is 7.11 Å². The molecule has 0 atom stereocenters. The first-order valence-electron chi connectivity index (χ1n) is 20.4. The van der Waals surface area contributed by atoms with E-state index in [1.807, 2.05) is 24.4 Å². The highest BCUT2D eigenvalue weighted by atomic mass is 16.5. The van der Waals surface area contributed by atoms with Gasteiger partial charge in [0.2, 0.25) is 0 Å². The molecule has 0 saturated carbocycles. The molecule has 6 aromatic carbocycles. The molecule has 0 spiro atoms. The highest BCUT2D eigenvalue weighted by Gasteiger charge is 2.22. The van der Waals surface area contributed by atoms with Crippen LogP contribution in [0.3, 0.4) is 0 Å². The van der Waals surface area contributed by atoms with Crippen molar-refractivity contribution in [2.24, 2.45) is 0 Å². The van der Waals surface area contributed by atoms with Gasteiger partial charge in [-0.25, -0.2) is 4.98 Å². The van der Waals surface area contributed by atoms with Crippen molar-refractivity contribution in [1.29, 1.82) is 0 Å². The Bertz CT molecular complexity index is 2960. The van der Waals surface area contributed by atoms with Crippen molar-refractivity contribution in [3.63, 3.8) is 0 Å². The average Bonchev–Trinajstić information content (AvgIpc) is 3.59. The van der Waals surface area contributed by atoms with Crippen LogP contribution in [0.5, 0.6) is 5.75 Å². The molecule has 3 heterocycles. The maximum absolute atomic E-state index is 5.86. The zero-order chi connectivity index (χ0) is 40.9. The van der Waals surface area contributed by atoms with Gasteiger partial charge in [0.1, 0.15) is 5.75 Å². The molecule has 0 amide bonds. The fraction of sp³-hybridized carbons (Fsp3) is 0.164. The Morgan fingerprint density at radius 2 is 1.05 bits per heavy atom. The van der Waals surface area contributed by atoms with E-state index in [0.29, 0.717) is 0 Å². The molecule has 0 aliphatic heterocycles. The van der Waals surface area contributed by atoms with Crippen LogP contribution in [0.4, 0.5) is 0 Å². The Hall–Kier alpha value is -6.78. The molecule has 0 bridgehead atoms. The molecule has 0 fully saturated rings. The van der Waals surface area contributed by atoms with E-state index >= 15 is 0 Å². The third kappa shape index (κ3) is 7.32. The van der Waals surface area contributed by atoms with Crippen molar-refractivity contribution in [1.82, 2.24) is 14.5 Å². The van der Waals surface area contributed by atoms with E-state index in [2.05, 4.69) is 192 Å². The smallest absolute Gasteiger partial charge is 0.128 e. The van der Waals surface area contributed by atoms with Crippen molar-refractivity contribution in [3.8, 4) is 67.5 Å². The molecule has 0 aliphatic rings. The number of fused-ring (bicyclic) bond motifs is 3. The Balaban J connectivity index is 1.15. The van der Waals surface area contributed by atoms with Gasteiger partial charge < -0.3 is 9.30 Å². The number of aromatic nitrogens is 3. The number of methoxy groups -OCH3 is 1. The summed E-state index contributed by atoms with van der Waals surface area (Å²) in [6.45, 7) is 13.7. The fourth-order valence-corrected chi connectivity index (χ4v) is 8.11. The summed E-state index contributed by atoms with van der Waals surface area (Å²) in [5, 5.41) is 2.46. The molecular weight excluding hydrogens is 719 g/mol. The second-order valence-electron chi connectivity index (χ2n) is 17.6. The highest BCUT2D eigenvalue weighted by molar-refractivity contribution is 6.10. The fourth-order valence-electron chi connectivity index (χ4n) is 8.11. The lowest BCUT2D eigenvalue weighted by molar-refractivity contribution is 0.416. The van der Waals surface area contributed by atoms with Crippen LogP contribution in [-0.4, -0.2) is 21.6 Å². The summed E-state index contributed by atoms with van der Waals surface area (Å²) in [5.41, 5.74) is 16.3. The number of para-hydroxylation sites is 3. The molecule has 3 aromatic heterocycles. The molecule has 4 heteroatoms. The van der Waals surface area contributed by atoms with E-state index < -0.39 is 0 Å². The lowest BCUT2D eigenvalue weighted by atomic mass is 9.79. The van der Waals surface area contributed by atoms with Gasteiger partial charge in [-0.3, -0.25) is 4.98 Å². The standard InChI is InChI=1S/C55H49N3O/c1-54(2,3)42-29-40(30-43(35-42)55(4,5)6)41-33-49(57-50(34-41)46-21-12-14-23-53(46)59-7)39-17-15-16-38(28-39)48-32-37(26-27-56-48)36-24-25-52-47(31-36)45-20-11-13-22-51(45)58(52)44-18-9-8-10-19-44/h8-35H,1-7H3. The van der Waals surface area contributed by atoms with Crippen LogP contribution in [0.25, 0.3) is 83.5 Å². The number of rotatable bonds is 7. The summed E-state index contributed by atoms with van der Waals surface area (Å²) in [6, 6.07) is 58.6. The highest BCUT2D eigenvalue weighted by Crippen LogP contribution is 2.40. The molecule has 9 aromatic rings. The maximum atomic E-state index is 5.86. The van der Waals surface area contributed by atoms with Crippen molar-refractivity contribution in [3.05, 3.63) is 181 Å². The largest absolute Gasteiger partial charge is 0.496 e. The van der Waals surface area contributed by atoms with Crippen LogP contribution in [0.15, 0.2) is 170 Å². The number of hydrogen-bond acceptors (Lipinski definition) is 3. The van der Waals surface area contributed by atoms with E-state index in [-0.39, 0.29) is 10.8 Å². The maximum Gasteiger partial charge on any atom is 0.128 e. The minimum atomic E-state index is -0.0139. The van der Waals surface area contributed by atoms with Crippen LogP contribution in [0.2, 0.25) is 0 Å². The summed E-state index contributed by atoms with van der Waals surface area (Å²) in [6.07, 6.45) is 1.92. The van der Waals surface area contributed by atoms with Gasteiger partial charge in [0, 0.05) is 39.3 Å². The van der Waals surface area contributed by atoms with Crippen molar-refractivity contribution in [2.75, 3.05) is 7.11 Å². The molecule has 0 aliphatic carbocycles. The van der Waals surface area contributed by atoms with Gasteiger partial charge in [0.05, 0.1) is 35.2 Å². The summed E-state index contributed by atoms with van der Waals surface area (Å²) in [4.78, 5) is 10.2. The SMILES string of the molecule is COc1ccccc1-c1cc(-c2cc(C(C)(C)C)cc(C(C)(C)C)c2)cc(-c2cccc(-c3cc(-c4ccc5c(c4)c4ccccc4n5-c4ccccc4)ccn3)c2)n1. The Labute approximate surface area is 347 Å². The van der Waals surface area contributed by atoms with Gasteiger partial charge in [0.25, 0.3) is 0 Å². The third-order valence-electron chi connectivity index (χ3n) is 11.4. The van der Waals surface area contributed by atoms with E-state index in [9.17, 15) is 0 Å². The van der Waals surface area contributed by atoms with E-state index in [1.165, 1.54) is 38.5 Å². The Morgan fingerprint density at radius 1 is 0.441 bits per heavy atom. The second-order valence-corrected chi connectivity index (χ2v) is 17.6. The van der Waals surface area contributed by atoms with Crippen molar-refractivity contribution >= 4 is 21.8 Å². The molecule has 4 nitrogen and oxygen atoms in total. The van der Waals surface area contributed by atoms with Crippen LogP contribution in [0, 0.1) is 0 Å². The van der Waals surface area contributed by atoms with Crippen LogP contribution >= 0.6 is 0 Å². The predicted octanol–water partition coefficient (Wildman–Crippen LogP) is 14.5. The second kappa shape index (κ2) is 14.9. The summed E-state index contributed by atoms with van der Waals surface area (Å²) < 4.78 is 8.21. The molecular formula is C55H49N3O. The monoisotopic (exact) mass is 767 g/mol. The van der Waals surface area contributed by atoms with E-state index in [0.717, 1.165) is 61.9 Å².